The highest BCUT2D eigenvalue weighted by atomic mass is 32.2. The lowest BCUT2D eigenvalue weighted by Gasteiger charge is -2.06. The van der Waals surface area contributed by atoms with Gasteiger partial charge < -0.3 is 5.73 Å². The molecular formula is C12H12N2O2S2. The molecule has 2 aromatic carbocycles. The minimum Gasteiger partial charge on any atom is -0.399 e. The number of hydrogen-bond donors (Lipinski definition) is 2. The van der Waals surface area contributed by atoms with Gasteiger partial charge in [0.15, 0.2) is 0 Å². The molecule has 0 spiro atoms. The van der Waals surface area contributed by atoms with Gasteiger partial charge in [-0.25, -0.2) is 13.6 Å². The summed E-state index contributed by atoms with van der Waals surface area (Å²) in [6.45, 7) is 0. The predicted octanol–water partition coefficient (Wildman–Crippen LogP) is 2.07. The number of sulfonamides is 1. The minimum atomic E-state index is -3.73. The van der Waals surface area contributed by atoms with E-state index in [0.717, 1.165) is 9.79 Å². The molecule has 0 aromatic heterocycles. The summed E-state index contributed by atoms with van der Waals surface area (Å²) in [7, 11) is -3.73. The summed E-state index contributed by atoms with van der Waals surface area (Å²) in [5.74, 6) is 0. The lowest BCUT2D eigenvalue weighted by atomic mass is 10.3. The topological polar surface area (TPSA) is 86.2 Å². The molecule has 18 heavy (non-hydrogen) atoms. The van der Waals surface area contributed by atoms with Gasteiger partial charge in [0.05, 0.1) is 4.90 Å². The van der Waals surface area contributed by atoms with Crippen LogP contribution in [0, 0.1) is 0 Å². The average molecular weight is 280 g/mol. The zero-order valence-electron chi connectivity index (χ0n) is 9.41. The minimum absolute atomic E-state index is 0.0286. The Kier molecular flexibility index (Phi) is 3.60. The van der Waals surface area contributed by atoms with Crippen molar-refractivity contribution < 1.29 is 8.42 Å². The first-order chi connectivity index (χ1) is 8.45. The van der Waals surface area contributed by atoms with E-state index in [0.29, 0.717) is 5.69 Å². The molecule has 0 aliphatic heterocycles. The first-order valence-electron chi connectivity index (χ1n) is 5.11. The van der Waals surface area contributed by atoms with Gasteiger partial charge in [-0.2, -0.15) is 0 Å². The van der Waals surface area contributed by atoms with Gasteiger partial charge >= 0.3 is 0 Å². The van der Waals surface area contributed by atoms with Gasteiger partial charge in [0, 0.05) is 15.5 Å². The van der Waals surface area contributed by atoms with E-state index in [2.05, 4.69) is 0 Å². The van der Waals surface area contributed by atoms with Crippen LogP contribution in [0.15, 0.2) is 63.2 Å². The molecule has 0 fully saturated rings. The summed E-state index contributed by atoms with van der Waals surface area (Å²) in [5.41, 5.74) is 6.05. The first kappa shape index (κ1) is 12.9. The van der Waals surface area contributed by atoms with Gasteiger partial charge in [-0.3, -0.25) is 0 Å². The lowest BCUT2D eigenvalue weighted by Crippen LogP contribution is -2.12. The van der Waals surface area contributed by atoms with Crippen molar-refractivity contribution in [2.75, 3.05) is 5.73 Å². The fourth-order valence-corrected chi connectivity index (χ4v) is 3.05. The van der Waals surface area contributed by atoms with E-state index < -0.39 is 10.0 Å². The van der Waals surface area contributed by atoms with Crippen molar-refractivity contribution >= 4 is 27.5 Å². The van der Waals surface area contributed by atoms with Gasteiger partial charge in [0.2, 0.25) is 10.0 Å². The highest BCUT2D eigenvalue weighted by Gasteiger charge is 2.10. The van der Waals surface area contributed by atoms with E-state index in [1.807, 2.05) is 30.3 Å². The van der Waals surface area contributed by atoms with Gasteiger partial charge in [0.25, 0.3) is 0 Å². The molecule has 6 heteroatoms. The third-order valence-corrected chi connectivity index (χ3v) is 4.08. The SMILES string of the molecule is Nc1cc(Sc2ccccc2)cc(S(N)(=O)=O)c1. The van der Waals surface area contributed by atoms with Crippen molar-refractivity contribution in [3.63, 3.8) is 0 Å². The molecule has 0 heterocycles. The van der Waals surface area contributed by atoms with E-state index in [9.17, 15) is 8.42 Å². The second-order valence-corrected chi connectivity index (χ2v) is 6.41. The Hall–Kier alpha value is -1.50. The number of nitrogen functional groups attached to an aromatic ring is 1. The Bertz CT molecular complexity index is 655. The first-order valence-corrected chi connectivity index (χ1v) is 7.48. The summed E-state index contributed by atoms with van der Waals surface area (Å²) in [6.07, 6.45) is 0. The average Bonchev–Trinajstić information content (AvgIpc) is 2.28. The molecular weight excluding hydrogens is 268 g/mol. The van der Waals surface area contributed by atoms with Crippen LogP contribution < -0.4 is 10.9 Å². The van der Waals surface area contributed by atoms with Crippen molar-refractivity contribution in [3.8, 4) is 0 Å². The predicted molar refractivity (Wildman–Crippen MR) is 72.8 cm³/mol. The van der Waals surface area contributed by atoms with Crippen LogP contribution in [0.2, 0.25) is 0 Å². The standard InChI is InChI=1S/C12H12N2O2S2/c13-9-6-11(8-12(7-9)18(14,15)16)17-10-4-2-1-3-5-10/h1-8H,13H2,(H2,14,15,16). The van der Waals surface area contributed by atoms with Crippen LogP contribution in [-0.2, 0) is 10.0 Å². The van der Waals surface area contributed by atoms with Crippen LogP contribution in [-0.4, -0.2) is 8.42 Å². The maximum absolute atomic E-state index is 11.3. The molecule has 4 N–H and O–H groups in total. The Balaban J connectivity index is 2.38. The van der Waals surface area contributed by atoms with Gasteiger partial charge in [-0.15, -0.1) is 0 Å². The number of hydrogen-bond acceptors (Lipinski definition) is 4. The molecule has 0 unspecified atom stereocenters. The molecule has 0 aliphatic carbocycles. The number of benzene rings is 2. The van der Waals surface area contributed by atoms with Gasteiger partial charge in [-0.05, 0) is 30.3 Å². The lowest BCUT2D eigenvalue weighted by molar-refractivity contribution is 0.597. The van der Waals surface area contributed by atoms with Crippen LogP contribution in [0.4, 0.5) is 5.69 Å². The second-order valence-electron chi connectivity index (χ2n) is 3.70. The molecule has 0 saturated carbocycles. The van der Waals surface area contributed by atoms with E-state index in [-0.39, 0.29) is 4.90 Å². The molecule has 2 rings (SSSR count). The molecule has 94 valence electrons. The summed E-state index contributed by atoms with van der Waals surface area (Å²) in [6, 6.07) is 14.2. The maximum Gasteiger partial charge on any atom is 0.238 e. The summed E-state index contributed by atoms with van der Waals surface area (Å²) in [5, 5.41) is 5.10. The Morgan fingerprint density at radius 2 is 1.61 bits per heavy atom. The zero-order chi connectivity index (χ0) is 13.2. The number of anilines is 1. The number of nitrogens with two attached hydrogens (primary N) is 2. The molecule has 0 saturated heterocycles. The van der Waals surface area contributed by atoms with Crippen LogP contribution in [0.25, 0.3) is 0 Å². The second kappa shape index (κ2) is 5.01. The van der Waals surface area contributed by atoms with Crippen LogP contribution >= 0.6 is 11.8 Å². The highest BCUT2D eigenvalue weighted by Crippen LogP contribution is 2.30. The molecule has 4 nitrogen and oxygen atoms in total. The van der Waals surface area contributed by atoms with Crippen LogP contribution in [0.1, 0.15) is 0 Å². The molecule has 0 atom stereocenters. The van der Waals surface area contributed by atoms with Gasteiger partial charge in [0.1, 0.15) is 0 Å². The van der Waals surface area contributed by atoms with Crippen molar-refractivity contribution in [3.05, 3.63) is 48.5 Å². The van der Waals surface area contributed by atoms with E-state index >= 15 is 0 Å². The molecule has 0 amide bonds. The quantitative estimate of drug-likeness (QED) is 0.843. The van der Waals surface area contributed by atoms with Crippen molar-refractivity contribution in [2.45, 2.75) is 14.7 Å². The maximum atomic E-state index is 11.3. The number of rotatable bonds is 3. The normalized spacial score (nSPS) is 11.4. The third kappa shape index (κ3) is 3.25. The molecule has 0 aliphatic rings. The van der Waals surface area contributed by atoms with Crippen molar-refractivity contribution in [1.82, 2.24) is 0 Å². The monoisotopic (exact) mass is 280 g/mol. The van der Waals surface area contributed by atoms with Crippen LogP contribution in [0.5, 0.6) is 0 Å². The van der Waals surface area contributed by atoms with Crippen molar-refractivity contribution in [1.29, 1.82) is 0 Å². The zero-order valence-corrected chi connectivity index (χ0v) is 11.0. The largest absolute Gasteiger partial charge is 0.399 e. The molecule has 2 aromatic rings. The summed E-state index contributed by atoms with van der Waals surface area (Å²) >= 11 is 1.43. The molecule has 0 radical (unpaired) electrons. The number of primary sulfonamides is 1. The fourth-order valence-electron chi connectivity index (χ4n) is 1.44. The van der Waals surface area contributed by atoms with E-state index in [1.165, 1.54) is 23.9 Å². The third-order valence-electron chi connectivity index (χ3n) is 2.21. The van der Waals surface area contributed by atoms with Crippen LogP contribution in [0.3, 0.4) is 0 Å². The van der Waals surface area contributed by atoms with Gasteiger partial charge in [-0.1, -0.05) is 30.0 Å². The Morgan fingerprint density at radius 1 is 0.944 bits per heavy atom. The van der Waals surface area contributed by atoms with E-state index in [4.69, 9.17) is 10.9 Å². The smallest absolute Gasteiger partial charge is 0.238 e. The molecule has 0 bridgehead atoms. The van der Waals surface area contributed by atoms with Crippen molar-refractivity contribution in [2.24, 2.45) is 5.14 Å². The summed E-state index contributed by atoms with van der Waals surface area (Å²) < 4.78 is 22.6. The Labute approximate surface area is 110 Å². The Morgan fingerprint density at radius 3 is 2.22 bits per heavy atom. The summed E-state index contributed by atoms with van der Waals surface area (Å²) in [4.78, 5) is 1.77. The van der Waals surface area contributed by atoms with E-state index in [1.54, 1.807) is 6.07 Å². The highest BCUT2D eigenvalue weighted by molar-refractivity contribution is 7.99. The fraction of sp³-hybridized carbons (Fsp3) is 0.